The van der Waals surface area contributed by atoms with E-state index in [4.69, 9.17) is 0 Å². The van der Waals surface area contributed by atoms with Crippen LogP contribution in [0.15, 0.2) is 67.4 Å². The molecule has 2 N–H and O–H groups in total. The predicted molar refractivity (Wildman–Crippen MR) is 99.1 cm³/mol. The van der Waals surface area contributed by atoms with Crippen LogP contribution in [-0.4, -0.2) is 25.8 Å². The van der Waals surface area contributed by atoms with Gasteiger partial charge in [-0.15, -0.1) is 0 Å². The third-order valence-corrected chi connectivity index (χ3v) is 4.16. The normalized spacial score (nSPS) is 10.8. The number of benzene rings is 1. The van der Waals surface area contributed by atoms with Crippen LogP contribution in [0.2, 0.25) is 0 Å². The van der Waals surface area contributed by atoms with Crippen molar-refractivity contribution < 1.29 is 4.79 Å². The molecule has 0 unspecified atom stereocenters. The topological polar surface area (TPSA) is 83.6 Å². The number of nitrogens with zero attached hydrogens (tertiary/aromatic N) is 3. The van der Waals surface area contributed by atoms with Gasteiger partial charge in [0.1, 0.15) is 5.65 Å². The highest BCUT2D eigenvalue weighted by Crippen LogP contribution is 2.24. The van der Waals surface area contributed by atoms with E-state index >= 15 is 0 Å². The highest BCUT2D eigenvalue weighted by atomic mass is 16.1. The first kappa shape index (κ1) is 16.0. The van der Waals surface area contributed by atoms with Gasteiger partial charge in [-0.1, -0.05) is 30.3 Å². The van der Waals surface area contributed by atoms with Gasteiger partial charge in [-0.2, -0.15) is 0 Å². The van der Waals surface area contributed by atoms with E-state index in [0.717, 1.165) is 33.4 Å². The van der Waals surface area contributed by atoms with Crippen molar-refractivity contribution in [3.05, 3.63) is 78.6 Å². The first-order chi connectivity index (χ1) is 12.8. The van der Waals surface area contributed by atoms with Crippen molar-refractivity contribution in [2.75, 3.05) is 0 Å². The zero-order valence-corrected chi connectivity index (χ0v) is 14.0. The first-order valence-corrected chi connectivity index (χ1v) is 8.32. The summed E-state index contributed by atoms with van der Waals surface area (Å²) < 4.78 is 0. The maximum absolute atomic E-state index is 12.3. The van der Waals surface area contributed by atoms with Crippen molar-refractivity contribution in [1.82, 2.24) is 25.3 Å². The number of fused-ring (bicyclic) bond motifs is 1. The van der Waals surface area contributed by atoms with Crippen LogP contribution in [0.1, 0.15) is 11.3 Å². The molecule has 0 bridgehead atoms. The van der Waals surface area contributed by atoms with Gasteiger partial charge in [0, 0.05) is 35.7 Å². The summed E-state index contributed by atoms with van der Waals surface area (Å²) in [6.45, 7) is 0.364. The number of nitrogens with one attached hydrogen (secondary N) is 2. The van der Waals surface area contributed by atoms with Crippen LogP contribution in [0.4, 0.5) is 0 Å². The minimum absolute atomic E-state index is 0.0679. The van der Waals surface area contributed by atoms with Crippen molar-refractivity contribution in [2.24, 2.45) is 0 Å². The molecule has 3 heterocycles. The standard InChI is InChI=1S/C20H17N5O/c26-19(23-13-17-12-21-6-7-22-17)9-16-11-25-20-18(16)8-15(10-24-20)14-4-2-1-3-5-14/h1-8,10-12H,9,13H2,(H,23,26)(H,24,25). The van der Waals surface area contributed by atoms with Gasteiger partial charge < -0.3 is 10.3 Å². The van der Waals surface area contributed by atoms with Crippen LogP contribution in [0, 0.1) is 0 Å². The van der Waals surface area contributed by atoms with Crippen molar-refractivity contribution in [2.45, 2.75) is 13.0 Å². The highest BCUT2D eigenvalue weighted by molar-refractivity contribution is 5.89. The summed E-state index contributed by atoms with van der Waals surface area (Å²) in [6.07, 6.45) is 8.81. The summed E-state index contributed by atoms with van der Waals surface area (Å²) in [5.41, 5.74) is 4.55. The Hall–Kier alpha value is -3.54. The second-order valence-corrected chi connectivity index (χ2v) is 5.95. The van der Waals surface area contributed by atoms with Gasteiger partial charge >= 0.3 is 0 Å². The Labute approximate surface area is 150 Å². The van der Waals surface area contributed by atoms with Crippen LogP contribution in [0.5, 0.6) is 0 Å². The second kappa shape index (κ2) is 7.14. The molecule has 1 aromatic carbocycles. The Morgan fingerprint density at radius 3 is 2.73 bits per heavy atom. The molecule has 26 heavy (non-hydrogen) atoms. The second-order valence-electron chi connectivity index (χ2n) is 5.95. The van der Waals surface area contributed by atoms with Crippen molar-refractivity contribution in [3.8, 4) is 11.1 Å². The number of amides is 1. The maximum Gasteiger partial charge on any atom is 0.224 e. The summed E-state index contributed by atoms with van der Waals surface area (Å²) in [6, 6.07) is 12.1. The van der Waals surface area contributed by atoms with Gasteiger partial charge in [0.25, 0.3) is 0 Å². The van der Waals surface area contributed by atoms with Gasteiger partial charge in [0.15, 0.2) is 0 Å². The molecule has 6 nitrogen and oxygen atoms in total. The number of hydrogen-bond donors (Lipinski definition) is 2. The molecule has 128 valence electrons. The van der Waals surface area contributed by atoms with E-state index in [1.54, 1.807) is 18.6 Å². The fourth-order valence-electron chi connectivity index (χ4n) is 2.84. The first-order valence-electron chi connectivity index (χ1n) is 8.32. The number of hydrogen-bond acceptors (Lipinski definition) is 4. The number of pyridine rings is 1. The van der Waals surface area contributed by atoms with E-state index in [0.29, 0.717) is 6.54 Å². The fraction of sp³-hybridized carbons (Fsp3) is 0.100. The molecule has 0 aliphatic heterocycles. The zero-order valence-electron chi connectivity index (χ0n) is 14.0. The van der Waals surface area contributed by atoms with Crippen LogP contribution in [-0.2, 0) is 17.8 Å². The summed E-state index contributed by atoms with van der Waals surface area (Å²) in [5, 5.41) is 3.83. The Kier molecular flexibility index (Phi) is 4.38. The monoisotopic (exact) mass is 343 g/mol. The zero-order chi connectivity index (χ0) is 17.8. The molecular formula is C20H17N5O. The lowest BCUT2D eigenvalue weighted by Gasteiger charge is -2.05. The number of rotatable bonds is 5. The Bertz CT molecular complexity index is 1030. The van der Waals surface area contributed by atoms with Crippen LogP contribution in [0.25, 0.3) is 22.2 Å². The van der Waals surface area contributed by atoms with Gasteiger partial charge in [-0.3, -0.25) is 14.8 Å². The van der Waals surface area contributed by atoms with Crippen LogP contribution >= 0.6 is 0 Å². The molecule has 0 saturated heterocycles. The van der Waals surface area contributed by atoms with E-state index in [9.17, 15) is 4.79 Å². The number of carbonyl (C=O) groups is 1. The van der Waals surface area contributed by atoms with Gasteiger partial charge in [-0.05, 0) is 17.2 Å². The lowest BCUT2D eigenvalue weighted by atomic mass is 10.0. The molecule has 4 aromatic rings. The van der Waals surface area contributed by atoms with E-state index < -0.39 is 0 Å². The quantitative estimate of drug-likeness (QED) is 0.584. The summed E-state index contributed by atoms with van der Waals surface area (Å²) in [7, 11) is 0. The number of H-pyrrole nitrogens is 1. The molecule has 0 radical (unpaired) electrons. The van der Waals surface area contributed by atoms with Crippen molar-refractivity contribution >= 4 is 16.9 Å². The van der Waals surface area contributed by atoms with E-state index in [2.05, 4.69) is 31.3 Å². The molecule has 0 saturated carbocycles. The molecule has 1 amide bonds. The fourth-order valence-corrected chi connectivity index (χ4v) is 2.84. The average molecular weight is 343 g/mol. The Morgan fingerprint density at radius 2 is 1.92 bits per heavy atom. The summed E-state index contributed by atoms with van der Waals surface area (Å²) >= 11 is 0. The average Bonchev–Trinajstić information content (AvgIpc) is 3.10. The van der Waals surface area contributed by atoms with Gasteiger partial charge in [0.2, 0.25) is 5.91 Å². The van der Waals surface area contributed by atoms with Gasteiger partial charge in [-0.25, -0.2) is 4.98 Å². The molecule has 0 fully saturated rings. The minimum Gasteiger partial charge on any atom is -0.350 e. The van der Waals surface area contributed by atoms with E-state index in [-0.39, 0.29) is 12.3 Å². The lowest BCUT2D eigenvalue weighted by Crippen LogP contribution is -2.24. The molecular weight excluding hydrogens is 326 g/mol. The highest BCUT2D eigenvalue weighted by Gasteiger charge is 2.11. The molecule has 6 heteroatoms. The lowest BCUT2D eigenvalue weighted by molar-refractivity contribution is -0.120. The molecule has 4 rings (SSSR count). The number of carbonyl (C=O) groups excluding carboxylic acids is 1. The minimum atomic E-state index is -0.0679. The third-order valence-electron chi connectivity index (χ3n) is 4.16. The van der Waals surface area contributed by atoms with Gasteiger partial charge in [0.05, 0.1) is 24.9 Å². The summed E-state index contributed by atoms with van der Waals surface area (Å²) in [5.74, 6) is -0.0679. The smallest absolute Gasteiger partial charge is 0.224 e. The maximum atomic E-state index is 12.3. The van der Waals surface area contributed by atoms with E-state index in [1.807, 2.05) is 42.7 Å². The van der Waals surface area contributed by atoms with E-state index in [1.165, 1.54) is 0 Å². The van der Waals surface area contributed by atoms with Crippen LogP contribution < -0.4 is 5.32 Å². The molecule has 0 aliphatic carbocycles. The Balaban J connectivity index is 1.52. The van der Waals surface area contributed by atoms with Crippen molar-refractivity contribution in [3.63, 3.8) is 0 Å². The van der Waals surface area contributed by atoms with Crippen LogP contribution in [0.3, 0.4) is 0 Å². The predicted octanol–water partition coefficient (Wildman–Crippen LogP) is 2.88. The molecule has 0 spiro atoms. The Morgan fingerprint density at radius 1 is 1.04 bits per heavy atom. The molecule has 0 atom stereocenters. The molecule has 0 aliphatic rings. The summed E-state index contributed by atoms with van der Waals surface area (Å²) in [4.78, 5) is 28.0. The number of aromatic nitrogens is 4. The third kappa shape index (κ3) is 3.44. The largest absolute Gasteiger partial charge is 0.350 e. The number of aromatic amines is 1. The molecule has 3 aromatic heterocycles. The van der Waals surface area contributed by atoms with Crippen molar-refractivity contribution in [1.29, 1.82) is 0 Å². The SMILES string of the molecule is O=C(Cc1c[nH]c2ncc(-c3ccccc3)cc12)NCc1cnccn1.